The van der Waals surface area contributed by atoms with Crippen molar-refractivity contribution in [1.82, 2.24) is 39.0 Å². The predicted molar refractivity (Wildman–Crippen MR) is 244 cm³/mol. The molecule has 18 heteroatoms. The van der Waals surface area contributed by atoms with Gasteiger partial charge in [0, 0.05) is 51.0 Å². The molecule has 6 heterocycles. The molecule has 2 aliphatic heterocycles. The van der Waals surface area contributed by atoms with Crippen LogP contribution in [0, 0.1) is 0 Å². The van der Waals surface area contributed by atoms with Crippen LogP contribution in [0.15, 0.2) is 59.5 Å². The van der Waals surface area contributed by atoms with E-state index in [4.69, 9.17) is 20.0 Å². The highest BCUT2D eigenvalue weighted by atomic mass is 79.9. The molecule has 2 N–H and O–H groups in total. The van der Waals surface area contributed by atoms with Crippen LogP contribution in [0.2, 0.25) is 0 Å². The second-order valence-corrected chi connectivity index (χ2v) is 17.7. The van der Waals surface area contributed by atoms with E-state index >= 15 is 0 Å². The molecule has 2 saturated carbocycles. The predicted octanol–water partition coefficient (Wildman–Crippen LogP) is 6.77. The van der Waals surface area contributed by atoms with E-state index in [9.17, 15) is 9.59 Å². The van der Waals surface area contributed by atoms with Crippen molar-refractivity contribution in [3.05, 3.63) is 65.4 Å². The highest BCUT2D eigenvalue weighted by Crippen LogP contribution is 2.41. The van der Waals surface area contributed by atoms with Gasteiger partial charge in [0.25, 0.3) is 0 Å². The first-order chi connectivity index (χ1) is 30.1. The number of allylic oxidation sites excluding steroid dienone is 4. The maximum Gasteiger partial charge on any atom is 0.483 e. The fraction of sp³-hybridized carbons (Fsp3) is 0.545. The van der Waals surface area contributed by atoms with E-state index < -0.39 is 7.12 Å². The second kappa shape index (κ2) is 19.2. The number of hydrogen-bond acceptors (Lipinski definition) is 12. The first-order valence-corrected chi connectivity index (χ1v) is 23.2. The van der Waals surface area contributed by atoms with Gasteiger partial charge < -0.3 is 29.6 Å². The number of hydrogen-bond donors (Lipinski definition) is 2. The number of rotatable bonds is 8. The van der Waals surface area contributed by atoms with E-state index in [1.165, 1.54) is 37.7 Å². The number of halogens is 1. The van der Waals surface area contributed by atoms with Crippen molar-refractivity contribution < 1.29 is 19.6 Å². The molecule has 0 saturated heterocycles. The lowest BCUT2D eigenvalue weighted by atomic mass is 9.79. The number of imidazole rings is 2. The summed E-state index contributed by atoms with van der Waals surface area (Å²) in [5.74, 6) is 4.13. The number of aromatic nitrogens is 8. The quantitative estimate of drug-likeness (QED) is 0.178. The number of fused-ring (bicyclic) bond motifs is 2. The van der Waals surface area contributed by atoms with Gasteiger partial charge in [0.15, 0.2) is 16.4 Å². The summed E-state index contributed by atoms with van der Waals surface area (Å²) in [5, 5.41) is 17.1. The molecule has 328 valence electrons. The average molecular weight is 910 g/mol. The van der Waals surface area contributed by atoms with Crippen LogP contribution in [0.25, 0.3) is 17.5 Å². The zero-order valence-corrected chi connectivity index (χ0v) is 37.9. The highest BCUT2D eigenvalue weighted by Gasteiger charge is 2.43. The molecule has 16 nitrogen and oxygen atoms in total. The van der Waals surface area contributed by atoms with Crippen molar-refractivity contribution >= 4 is 63.4 Å². The molecule has 6 aliphatic rings. The Kier molecular flexibility index (Phi) is 13.5. The third-order valence-corrected chi connectivity index (χ3v) is 13.8. The molecule has 2 fully saturated rings. The fourth-order valence-corrected chi connectivity index (χ4v) is 10.3. The summed E-state index contributed by atoms with van der Waals surface area (Å²) in [7, 11) is 2.45. The highest BCUT2D eigenvalue weighted by molar-refractivity contribution is 9.10. The van der Waals surface area contributed by atoms with Gasteiger partial charge in [-0.15, -0.1) is 0 Å². The molecule has 4 aromatic heterocycles. The third-order valence-electron chi connectivity index (χ3n) is 13.2. The summed E-state index contributed by atoms with van der Waals surface area (Å²) in [6.07, 6.45) is 32.1. The molecule has 0 radical (unpaired) electrons. The van der Waals surface area contributed by atoms with Crippen LogP contribution < -0.4 is 19.6 Å². The average Bonchev–Trinajstić information content (AvgIpc) is 4.13. The monoisotopic (exact) mass is 908 g/mol. The Labute approximate surface area is 372 Å². The minimum absolute atomic E-state index is 0.127. The standard InChI is InChI=1S/C22H28N6O.C17H21BrN6O.C5H9BO2/c1-3-17-21(29)26(2)18-14-24-22(25-20(18)28(17)16-10-6-7-11-16)27-13-12-23-19(27)15-8-4-5-9-15;1-3-12-15(25)22(2)13-10-20-17(23-9-8-19-16(23)18)21-14(13)24(12)11-6-4-5-7-11;7-6(8)5-3-1-2-4-5/h8,12-14,16-17H,3-7,9-11H2,1-2H3;8-12H,3-7H2,1-2H3;3,7-8H,1-2,4H2/t17-;12-;/m11./s1. The molecular formula is C44H58BBrN12O4. The van der Waals surface area contributed by atoms with Gasteiger partial charge in [-0.1, -0.05) is 51.7 Å². The normalized spacial score (nSPS) is 21.3. The smallest absolute Gasteiger partial charge is 0.423 e. The summed E-state index contributed by atoms with van der Waals surface area (Å²) in [6.45, 7) is 4.16. The van der Waals surface area contributed by atoms with Crippen molar-refractivity contribution in [2.75, 3.05) is 33.7 Å². The van der Waals surface area contributed by atoms with Crippen molar-refractivity contribution in [2.45, 2.75) is 141 Å². The molecule has 0 unspecified atom stereocenters. The summed E-state index contributed by atoms with van der Waals surface area (Å²) >= 11 is 3.42. The first kappa shape index (κ1) is 43.7. The molecule has 0 aromatic carbocycles. The van der Waals surface area contributed by atoms with Crippen LogP contribution in [0.4, 0.5) is 23.0 Å². The Morgan fingerprint density at radius 2 is 1.18 bits per heavy atom. The van der Waals surface area contributed by atoms with E-state index in [1.54, 1.807) is 33.0 Å². The fourth-order valence-electron chi connectivity index (χ4n) is 9.92. The lowest BCUT2D eigenvalue weighted by Gasteiger charge is -2.43. The number of carbonyl (C=O) groups excluding carboxylic acids is 2. The second-order valence-electron chi connectivity index (χ2n) is 16.9. The molecule has 2 amide bonds. The van der Waals surface area contributed by atoms with Gasteiger partial charge >= 0.3 is 7.12 Å². The van der Waals surface area contributed by atoms with Crippen LogP contribution in [0.3, 0.4) is 0 Å². The molecule has 0 spiro atoms. The van der Waals surface area contributed by atoms with Crippen molar-refractivity contribution in [3.63, 3.8) is 0 Å². The lowest BCUT2D eigenvalue weighted by Crippen LogP contribution is -2.55. The Hall–Kier alpha value is -4.94. The van der Waals surface area contributed by atoms with Crippen molar-refractivity contribution in [2.24, 2.45) is 0 Å². The molecule has 0 bridgehead atoms. The molecule has 4 aromatic rings. The van der Waals surface area contributed by atoms with Gasteiger partial charge in [-0.25, -0.2) is 19.9 Å². The Bertz CT molecular complexity index is 2300. The minimum atomic E-state index is -1.20. The van der Waals surface area contributed by atoms with E-state index in [0.29, 0.717) is 28.7 Å². The van der Waals surface area contributed by atoms with Gasteiger partial charge in [-0.2, -0.15) is 9.97 Å². The van der Waals surface area contributed by atoms with Crippen LogP contribution in [-0.2, 0) is 9.59 Å². The van der Waals surface area contributed by atoms with Crippen LogP contribution >= 0.6 is 15.9 Å². The zero-order chi connectivity index (χ0) is 43.5. The lowest BCUT2D eigenvalue weighted by molar-refractivity contribution is -0.120. The number of carbonyl (C=O) groups is 2. The summed E-state index contributed by atoms with van der Waals surface area (Å²) in [6, 6.07) is 0.432. The van der Waals surface area contributed by atoms with E-state index in [0.717, 1.165) is 105 Å². The minimum Gasteiger partial charge on any atom is -0.423 e. The number of anilines is 4. The first-order valence-electron chi connectivity index (χ1n) is 22.4. The summed E-state index contributed by atoms with van der Waals surface area (Å²) < 4.78 is 4.44. The van der Waals surface area contributed by atoms with Crippen LogP contribution in [0.1, 0.15) is 122 Å². The van der Waals surface area contributed by atoms with E-state index in [1.807, 2.05) is 43.3 Å². The Balaban J connectivity index is 0.000000146. The summed E-state index contributed by atoms with van der Waals surface area (Å²) in [4.78, 5) is 61.6. The third kappa shape index (κ3) is 8.57. The SMILES string of the molecule is CC[C@@H]1C(=O)N(C)c2cnc(-n3ccnc3Br)nc2N1C1CCCC1.CC[C@@H]1C(=O)N(C)c2cnc(-n3ccnc3C3=CCCC3)nc2N1C1CCCC1.OB(O)C1=CCCC1. The van der Waals surface area contributed by atoms with Gasteiger partial charge in [-0.05, 0) is 104 Å². The number of nitrogens with zero attached hydrogens (tertiary/aromatic N) is 12. The number of likely N-dealkylation sites (N-methyl/N-ethyl adjacent to an activating group) is 2. The Morgan fingerprint density at radius 3 is 1.61 bits per heavy atom. The van der Waals surface area contributed by atoms with Crippen LogP contribution in [-0.4, -0.2) is 106 Å². The van der Waals surface area contributed by atoms with E-state index in [2.05, 4.69) is 65.6 Å². The molecule has 2 atom stereocenters. The van der Waals surface area contributed by atoms with Crippen LogP contribution in [0.5, 0.6) is 0 Å². The number of amides is 2. The van der Waals surface area contributed by atoms with Gasteiger partial charge in [-0.3, -0.25) is 18.7 Å². The largest absolute Gasteiger partial charge is 0.483 e. The van der Waals surface area contributed by atoms with Gasteiger partial charge in [0.1, 0.15) is 29.3 Å². The summed E-state index contributed by atoms with van der Waals surface area (Å²) in [5.41, 5.74) is 3.63. The Morgan fingerprint density at radius 1 is 0.677 bits per heavy atom. The topological polar surface area (TPSA) is 175 Å². The molecule has 62 heavy (non-hydrogen) atoms. The zero-order valence-electron chi connectivity index (χ0n) is 36.3. The molecular weight excluding hydrogens is 851 g/mol. The van der Waals surface area contributed by atoms with Gasteiger partial charge in [0.2, 0.25) is 23.7 Å². The van der Waals surface area contributed by atoms with Gasteiger partial charge in [0.05, 0.1) is 12.4 Å². The van der Waals surface area contributed by atoms with E-state index in [-0.39, 0.29) is 23.9 Å². The van der Waals surface area contributed by atoms with Crippen molar-refractivity contribution in [1.29, 1.82) is 0 Å². The molecule has 4 aliphatic carbocycles. The maximum absolute atomic E-state index is 13.0. The van der Waals surface area contributed by atoms with Crippen molar-refractivity contribution in [3.8, 4) is 11.9 Å². The molecule has 10 rings (SSSR count). The maximum atomic E-state index is 13.0.